The summed E-state index contributed by atoms with van der Waals surface area (Å²) in [5.74, 6) is 3.33. The molecule has 3 fully saturated rings. The molecule has 0 heterocycles. The molecule has 3 saturated carbocycles. The first-order valence-corrected chi connectivity index (χ1v) is 10.7. The molecule has 2 heteroatoms. The smallest absolute Gasteiger partial charge is 0.302 e. The van der Waals surface area contributed by atoms with E-state index in [4.69, 9.17) is 4.74 Å². The minimum absolute atomic E-state index is 0.0887. The Morgan fingerprint density at radius 1 is 1.12 bits per heavy atom. The zero-order valence-corrected chi connectivity index (χ0v) is 16.6. The van der Waals surface area contributed by atoms with E-state index in [0.29, 0.717) is 5.41 Å². The second kappa shape index (κ2) is 6.13. The fourth-order valence-corrected chi connectivity index (χ4v) is 7.59. The molecule has 4 aliphatic carbocycles. The standard InChI is InChI=1S/C23H36O2/c1-5-16-10-12-22(3)17(14-16)6-7-18-19-8-9-21(25-15(2)24)23(19,4)13-11-20(18)22/h10,17-21H,5-9,11-14H2,1-4H3/t17-,18-,19+,20+,21+,22-,23-/m0/s1. The van der Waals surface area contributed by atoms with E-state index in [9.17, 15) is 4.79 Å². The number of allylic oxidation sites excluding steroid dienone is 2. The molecule has 0 unspecified atom stereocenters. The van der Waals surface area contributed by atoms with Crippen LogP contribution in [-0.4, -0.2) is 12.1 Å². The van der Waals surface area contributed by atoms with Gasteiger partial charge in [0.05, 0.1) is 0 Å². The Morgan fingerprint density at radius 2 is 1.88 bits per heavy atom. The van der Waals surface area contributed by atoms with E-state index < -0.39 is 0 Å². The first kappa shape index (κ1) is 17.6. The number of hydrogen-bond donors (Lipinski definition) is 0. The lowest BCUT2D eigenvalue weighted by Gasteiger charge is -2.60. The number of carbonyl (C=O) groups excluding carboxylic acids is 1. The Labute approximate surface area is 153 Å². The molecule has 4 rings (SSSR count). The van der Waals surface area contributed by atoms with Gasteiger partial charge in [0.15, 0.2) is 0 Å². The molecule has 25 heavy (non-hydrogen) atoms. The topological polar surface area (TPSA) is 26.3 Å². The van der Waals surface area contributed by atoms with Gasteiger partial charge in [0.2, 0.25) is 0 Å². The van der Waals surface area contributed by atoms with Crippen LogP contribution in [0.4, 0.5) is 0 Å². The Kier molecular flexibility index (Phi) is 4.32. The molecule has 0 N–H and O–H groups in total. The Bertz CT molecular complexity index is 579. The monoisotopic (exact) mass is 344 g/mol. The first-order chi connectivity index (χ1) is 11.9. The maximum atomic E-state index is 11.6. The fourth-order valence-electron chi connectivity index (χ4n) is 7.59. The van der Waals surface area contributed by atoms with Crippen LogP contribution in [0.5, 0.6) is 0 Å². The maximum absolute atomic E-state index is 11.6. The summed E-state index contributed by atoms with van der Waals surface area (Å²) < 4.78 is 5.78. The molecule has 2 nitrogen and oxygen atoms in total. The van der Waals surface area contributed by atoms with Crippen LogP contribution in [0, 0.1) is 34.5 Å². The summed E-state index contributed by atoms with van der Waals surface area (Å²) in [5.41, 5.74) is 2.45. The number of rotatable bonds is 2. The van der Waals surface area contributed by atoms with Gasteiger partial charge in [-0.15, -0.1) is 0 Å². The van der Waals surface area contributed by atoms with E-state index in [1.165, 1.54) is 51.4 Å². The Balaban J connectivity index is 1.58. The fraction of sp³-hybridized carbons (Fsp3) is 0.870. The summed E-state index contributed by atoms with van der Waals surface area (Å²) in [6, 6.07) is 0. The van der Waals surface area contributed by atoms with Crippen molar-refractivity contribution in [3.8, 4) is 0 Å². The SMILES string of the molecule is CCC1=CC[C@@]2(C)[C@@H](CC[C@@H]3[C@H]2CC[C@@]2(C)[C@@H]3CC[C@H]2OC(C)=O)C1. The van der Waals surface area contributed by atoms with Gasteiger partial charge in [-0.2, -0.15) is 0 Å². The van der Waals surface area contributed by atoms with Crippen molar-refractivity contribution in [1.29, 1.82) is 0 Å². The van der Waals surface area contributed by atoms with Crippen LogP contribution in [0.1, 0.15) is 85.5 Å². The number of carbonyl (C=O) groups is 1. The highest BCUT2D eigenvalue weighted by atomic mass is 16.5. The van der Waals surface area contributed by atoms with Crippen molar-refractivity contribution in [2.45, 2.75) is 91.6 Å². The van der Waals surface area contributed by atoms with Gasteiger partial charge >= 0.3 is 5.97 Å². The van der Waals surface area contributed by atoms with Crippen molar-refractivity contribution in [2.24, 2.45) is 34.5 Å². The summed E-state index contributed by atoms with van der Waals surface area (Å²) in [6.45, 7) is 8.94. The van der Waals surface area contributed by atoms with E-state index in [0.717, 1.165) is 30.1 Å². The summed E-state index contributed by atoms with van der Waals surface area (Å²) in [7, 11) is 0. The highest BCUT2D eigenvalue weighted by molar-refractivity contribution is 5.66. The maximum Gasteiger partial charge on any atom is 0.302 e. The molecule has 0 amide bonds. The number of fused-ring (bicyclic) bond motifs is 5. The lowest BCUT2D eigenvalue weighted by molar-refractivity contribution is -0.159. The molecular formula is C23H36O2. The minimum atomic E-state index is -0.0887. The molecule has 0 saturated heterocycles. The Hall–Kier alpha value is -0.790. The largest absolute Gasteiger partial charge is 0.462 e. The van der Waals surface area contributed by atoms with Crippen molar-refractivity contribution >= 4 is 5.97 Å². The third-order valence-corrected chi connectivity index (χ3v) is 9.08. The second-order valence-corrected chi connectivity index (χ2v) is 10.0. The summed E-state index contributed by atoms with van der Waals surface area (Å²) in [6.07, 6.45) is 14.4. The van der Waals surface area contributed by atoms with Gasteiger partial charge in [0.25, 0.3) is 0 Å². The third-order valence-electron chi connectivity index (χ3n) is 9.08. The second-order valence-electron chi connectivity index (χ2n) is 10.0. The molecule has 0 aromatic rings. The van der Waals surface area contributed by atoms with E-state index in [2.05, 4.69) is 26.8 Å². The van der Waals surface area contributed by atoms with Crippen molar-refractivity contribution in [1.82, 2.24) is 0 Å². The highest BCUT2D eigenvalue weighted by Gasteiger charge is 2.60. The van der Waals surface area contributed by atoms with Gasteiger partial charge in [0, 0.05) is 12.3 Å². The van der Waals surface area contributed by atoms with Crippen molar-refractivity contribution in [3.63, 3.8) is 0 Å². The molecule has 0 spiro atoms. The van der Waals surface area contributed by atoms with Crippen LogP contribution in [0.3, 0.4) is 0 Å². The zero-order chi connectivity index (χ0) is 17.8. The van der Waals surface area contributed by atoms with Gasteiger partial charge in [-0.05, 0) is 86.9 Å². The number of hydrogen-bond acceptors (Lipinski definition) is 2. The van der Waals surface area contributed by atoms with Crippen LogP contribution in [0.25, 0.3) is 0 Å². The zero-order valence-electron chi connectivity index (χ0n) is 16.6. The lowest BCUT2D eigenvalue weighted by atomic mass is 9.45. The molecule has 0 aromatic carbocycles. The van der Waals surface area contributed by atoms with Crippen LogP contribution < -0.4 is 0 Å². The van der Waals surface area contributed by atoms with Gasteiger partial charge in [0.1, 0.15) is 6.10 Å². The molecule has 0 radical (unpaired) electrons. The van der Waals surface area contributed by atoms with Crippen molar-refractivity contribution in [2.75, 3.05) is 0 Å². The minimum Gasteiger partial charge on any atom is -0.462 e. The van der Waals surface area contributed by atoms with Gasteiger partial charge in [-0.1, -0.05) is 32.4 Å². The molecule has 0 aromatic heterocycles. The van der Waals surface area contributed by atoms with E-state index in [1.54, 1.807) is 12.5 Å². The summed E-state index contributed by atoms with van der Waals surface area (Å²) >= 11 is 0. The normalized spacial score (nSPS) is 48.8. The van der Waals surface area contributed by atoms with Crippen molar-refractivity contribution in [3.05, 3.63) is 11.6 Å². The third kappa shape index (κ3) is 2.61. The highest BCUT2D eigenvalue weighted by Crippen LogP contribution is 2.66. The van der Waals surface area contributed by atoms with E-state index in [1.807, 2.05) is 0 Å². The van der Waals surface area contributed by atoms with Gasteiger partial charge in [-0.3, -0.25) is 4.79 Å². The van der Waals surface area contributed by atoms with E-state index >= 15 is 0 Å². The van der Waals surface area contributed by atoms with Crippen LogP contribution in [-0.2, 0) is 9.53 Å². The summed E-state index contributed by atoms with van der Waals surface area (Å²) in [5, 5.41) is 0. The van der Waals surface area contributed by atoms with Gasteiger partial charge in [-0.25, -0.2) is 0 Å². The number of ether oxygens (including phenoxy) is 1. The average molecular weight is 345 g/mol. The Morgan fingerprint density at radius 3 is 2.60 bits per heavy atom. The molecular weight excluding hydrogens is 308 g/mol. The quantitative estimate of drug-likeness (QED) is 0.460. The molecule has 7 atom stereocenters. The van der Waals surface area contributed by atoms with Crippen LogP contribution in [0.2, 0.25) is 0 Å². The predicted molar refractivity (Wildman–Crippen MR) is 101 cm³/mol. The first-order valence-electron chi connectivity index (χ1n) is 10.7. The molecule has 0 bridgehead atoms. The van der Waals surface area contributed by atoms with Crippen molar-refractivity contribution < 1.29 is 9.53 Å². The van der Waals surface area contributed by atoms with Crippen LogP contribution in [0.15, 0.2) is 11.6 Å². The molecule has 4 aliphatic rings. The molecule has 140 valence electrons. The average Bonchev–Trinajstić information content (AvgIpc) is 2.90. The van der Waals surface area contributed by atoms with E-state index in [-0.39, 0.29) is 17.5 Å². The predicted octanol–water partition coefficient (Wildman–Crippen LogP) is 5.91. The lowest BCUT2D eigenvalue weighted by Crippen LogP contribution is -2.53. The van der Waals surface area contributed by atoms with Crippen LogP contribution >= 0.6 is 0 Å². The summed E-state index contributed by atoms with van der Waals surface area (Å²) in [4.78, 5) is 11.6. The van der Waals surface area contributed by atoms with Gasteiger partial charge < -0.3 is 4.74 Å². The molecule has 0 aliphatic heterocycles. The number of esters is 1.